The normalized spacial score (nSPS) is 12.7. The summed E-state index contributed by atoms with van der Waals surface area (Å²) in [5, 5.41) is 3.73. The molecule has 2 rings (SSSR count). The van der Waals surface area contributed by atoms with Crippen LogP contribution in [0.5, 0.6) is 0 Å². The van der Waals surface area contributed by atoms with Crippen LogP contribution in [0.3, 0.4) is 0 Å². The fourth-order valence-electron chi connectivity index (χ4n) is 2.16. The first-order chi connectivity index (χ1) is 14.5. The Kier molecular flexibility index (Phi) is 6.85. The van der Waals surface area contributed by atoms with Crippen molar-refractivity contribution in [3.63, 3.8) is 0 Å². The molecule has 1 aromatic heterocycles. The van der Waals surface area contributed by atoms with Crippen LogP contribution in [0.4, 0.5) is 31.1 Å². The highest BCUT2D eigenvalue weighted by Crippen LogP contribution is 2.38. The number of hydrogen-bond acceptors (Lipinski definition) is 5. The zero-order chi connectivity index (χ0) is 24.3. The van der Waals surface area contributed by atoms with Crippen molar-refractivity contribution in [2.45, 2.75) is 38.7 Å². The largest absolute Gasteiger partial charge is 0.443 e. The first-order valence-electron chi connectivity index (χ1n) is 8.73. The summed E-state index contributed by atoms with van der Waals surface area (Å²) in [5.74, 6) is -1.26. The van der Waals surface area contributed by atoms with Gasteiger partial charge in [-0.1, -0.05) is 0 Å². The Morgan fingerprint density at radius 3 is 2.03 bits per heavy atom. The van der Waals surface area contributed by atoms with Crippen molar-refractivity contribution >= 4 is 18.2 Å². The van der Waals surface area contributed by atoms with E-state index in [1.54, 1.807) is 20.8 Å². The summed E-state index contributed by atoms with van der Waals surface area (Å²) in [5.41, 5.74) is -0.360. The van der Waals surface area contributed by atoms with Crippen LogP contribution in [0, 0.1) is 0 Å². The molecule has 0 unspecified atom stereocenters. The van der Waals surface area contributed by atoms with Crippen LogP contribution in [-0.2, 0) is 21.9 Å². The highest BCUT2D eigenvalue weighted by molar-refractivity contribution is 5.91. The van der Waals surface area contributed by atoms with Crippen LogP contribution in [0.2, 0.25) is 0 Å². The van der Waals surface area contributed by atoms with E-state index in [0.717, 1.165) is 23.3 Å². The molecule has 1 heterocycles. The van der Waals surface area contributed by atoms with Crippen LogP contribution in [-0.4, -0.2) is 32.4 Å². The molecule has 1 aromatic carbocycles. The molecule has 0 saturated heterocycles. The zero-order valence-corrected chi connectivity index (χ0v) is 16.8. The van der Waals surface area contributed by atoms with Crippen LogP contribution in [0.15, 0.2) is 30.6 Å². The Bertz CT molecular complexity index is 989. The van der Waals surface area contributed by atoms with Gasteiger partial charge >= 0.3 is 18.4 Å². The average Bonchev–Trinajstić information content (AvgIpc) is 3.10. The van der Waals surface area contributed by atoms with Crippen molar-refractivity contribution in [1.29, 1.82) is 0 Å². The van der Waals surface area contributed by atoms with Crippen molar-refractivity contribution in [3.05, 3.63) is 41.7 Å². The number of nitrogens with zero attached hydrogens (tertiary/aromatic N) is 3. The van der Waals surface area contributed by atoms with Crippen molar-refractivity contribution in [2.24, 2.45) is 0 Å². The lowest BCUT2D eigenvalue weighted by molar-refractivity contribution is -0.143. The number of nitrogens with one attached hydrogen (secondary N) is 2. The third-order valence-electron chi connectivity index (χ3n) is 3.42. The molecule has 0 aliphatic carbocycles. The minimum atomic E-state index is -5.02. The Morgan fingerprint density at radius 2 is 1.53 bits per heavy atom. The molecule has 0 fully saturated rings. The molecular formula is C18H17F6N5O3. The summed E-state index contributed by atoms with van der Waals surface area (Å²) >= 11 is 0. The fourth-order valence-corrected chi connectivity index (χ4v) is 2.16. The van der Waals surface area contributed by atoms with E-state index in [1.165, 1.54) is 0 Å². The second-order valence-electron chi connectivity index (χ2n) is 7.27. The Hall–Kier alpha value is -3.58. The lowest BCUT2D eigenvalue weighted by Gasteiger charge is -2.19. The molecule has 174 valence electrons. The summed E-state index contributed by atoms with van der Waals surface area (Å²) in [4.78, 5) is 26.8. The highest BCUT2D eigenvalue weighted by Gasteiger charge is 2.37. The third kappa shape index (κ3) is 7.28. The number of carbonyl (C=O) groups is 2. The fraction of sp³-hybridized carbons (Fsp3) is 0.333. The quantitative estimate of drug-likeness (QED) is 0.406. The van der Waals surface area contributed by atoms with Crippen LogP contribution in [0.1, 0.15) is 31.9 Å². The van der Waals surface area contributed by atoms with E-state index in [-0.39, 0.29) is 6.07 Å². The predicted molar refractivity (Wildman–Crippen MR) is 98.3 cm³/mol. The molecule has 0 saturated carbocycles. The minimum absolute atomic E-state index is 0.0115. The van der Waals surface area contributed by atoms with Crippen molar-refractivity contribution in [1.82, 2.24) is 25.6 Å². The lowest BCUT2D eigenvalue weighted by Crippen LogP contribution is -2.43. The lowest BCUT2D eigenvalue weighted by atomic mass is 10.0. The molecule has 2 aromatic rings. The standard InChI is InChI=1S/C18H17F6N5O3/c1-16(2,3)32-15(31)27-26-13(30)4-5-29-9-25-14(28-29)10-6-11(17(19,20)21)8-12(7-10)18(22,23)24/h4-9H,1-3H3,(H,26,30)(H,27,31)/b5-4+. The molecule has 0 radical (unpaired) electrons. The Morgan fingerprint density at radius 1 is 0.969 bits per heavy atom. The number of carbonyl (C=O) groups excluding carboxylic acids is 2. The smallest absolute Gasteiger partial charge is 0.426 e. The molecule has 2 amide bonds. The number of hydrogen-bond donors (Lipinski definition) is 2. The topological polar surface area (TPSA) is 98.1 Å². The Balaban J connectivity index is 2.15. The van der Waals surface area contributed by atoms with E-state index in [0.29, 0.717) is 12.1 Å². The van der Waals surface area contributed by atoms with E-state index in [9.17, 15) is 35.9 Å². The summed E-state index contributed by atoms with van der Waals surface area (Å²) in [6, 6.07) is 0.953. The van der Waals surface area contributed by atoms with E-state index in [4.69, 9.17) is 4.74 Å². The van der Waals surface area contributed by atoms with Gasteiger partial charge in [-0.15, -0.1) is 5.10 Å². The maximum atomic E-state index is 13.0. The number of alkyl halides is 6. The van der Waals surface area contributed by atoms with Crippen LogP contribution >= 0.6 is 0 Å². The van der Waals surface area contributed by atoms with Gasteiger partial charge in [0.25, 0.3) is 5.91 Å². The van der Waals surface area contributed by atoms with Gasteiger partial charge in [0, 0.05) is 17.8 Å². The van der Waals surface area contributed by atoms with Crippen molar-refractivity contribution < 1.29 is 40.7 Å². The first-order valence-corrected chi connectivity index (χ1v) is 8.73. The van der Waals surface area contributed by atoms with Crippen LogP contribution < -0.4 is 10.9 Å². The number of amides is 2. The van der Waals surface area contributed by atoms with Gasteiger partial charge in [0.1, 0.15) is 11.9 Å². The predicted octanol–water partition coefficient (Wildman–Crippen LogP) is 4.01. The number of hydrazine groups is 1. The second-order valence-corrected chi connectivity index (χ2v) is 7.27. The van der Waals surface area contributed by atoms with Crippen molar-refractivity contribution in [3.8, 4) is 11.4 Å². The highest BCUT2D eigenvalue weighted by atomic mass is 19.4. The number of rotatable bonds is 3. The first kappa shape index (κ1) is 24.7. The minimum Gasteiger partial charge on any atom is -0.443 e. The van der Waals surface area contributed by atoms with Gasteiger partial charge in [-0.05, 0) is 39.0 Å². The SMILES string of the molecule is CC(C)(C)OC(=O)NNC(=O)/C=C/n1cnc(-c2cc(C(F)(F)F)cc(C(F)(F)F)c2)n1. The van der Waals surface area contributed by atoms with Gasteiger partial charge in [0.05, 0.1) is 11.1 Å². The van der Waals surface area contributed by atoms with Gasteiger partial charge in [-0.3, -0.25) is 10.2 Å². The van der Waals surface area contributed by atoms with E-state index < -0.39 is 52.5 Å². The zero-order valence-electron chi connectivity index (χ0n) is 16.8. The van der Waals surface area contributed by atoms with Gasteiger partial charge < -0.3 is 4.74 Å². The third-order valence-corrected chi connectivity index (χ3v) is 3.42. The molecule has 0 spiro atoms. The monoisotopic (exact) mass is 465 g/mol. The summed E-state index contributed by atoms with van der Waals surface area (Å²) in [6.45, 7) is 4.83. The summed E-state index contributed by atoms with van der Waals surface area (Å²) in [6.07, 6.45) is -8.10. The number of halogens is 6. The molecule has 8 nitrogen and oxygen atoms in total. The number of benzene rings is 1. The molecule has 32 heavy (non-hydrogen) atoms. The number of ether oxygens (including phenoxy) is 1. The molecule has 0 aliphatic rings. The maximum Gasteiger partial charge on any atom is 0.426 e. The van der Waals surface area contributed by atoms with E-state index in [1.807, 2.05) is 10.9 Å². The molecule has 0 bridgehead atoms. The Labute approximate surface area is 177 Å². The molecular weight excluding hydrogens is 448 g/mol. The van der Waals surface area contributed by atoms with Gasteiger partial charge in [-0.2, -0.15) is 26.3 Å². The second kappa shape index (κ2) is 8.88. The molecule has 2 N–H and O–H groups in total. The van der Waals surface area contributed by atoms with Crippen LogP contribution in [0.25, 0.3) is 17.6 Å². The molecule has 0 aliphatic heterocycles. The molecule has 0 atom stereocenters. The van der Waals surface area contributed by atoms with E-state index >= 15 is 0 Å². The van der Waals surface area contributed by atoms with Gasteiger partial charge in [0.15, 0.2) is 5.82 Å². The van der Waals surface area contributed by atoms with Crippen molar-refractivity contribution in [2.75, 3.05) is 0 Å². The molecule has 14 heteroatoms. The summed E-state index contributed by atoms with van der Waals surface area (Å²) < 4.78 is 83.7. The number of aromatic nitrogens is 3. The van der Waals surface area contributed by atoms with Gasteiger partial charge in [-0.25, -0.2) is 19.9 Å². The average molecular weight is 465 g/mol. The van der Waals surface area contributed by atoms with E-state index in [2.05, 4.69) is 10.1 Å². The maximum absolute atomic E-state index is 13.0. The summed E-state index contributed by atoms with van der Waals surface area (Å²) in [7, 11) is 0. The van der Waals surface area contributed by atoms with Gasteiger partial charge in [0.2, 0.25) is 0 Å².